The first-order valence-corrected chi connectivity index (χ1v) is 18.4. The maximum atomic E-state index is 13.9. The fraction of sp³-hybridized carbons (Fsp3) is 0.559. The third-order valence-electron chi connectivity index (χ3n) is 9.41. The number of halogens is 4. The Morgan fingerprint density at radius 2 is 1.72 bits per heavy atom. The van der Waals surface area contributed by atoms with Crippen molar-refractivity contribution in [2.45, 2.75) is 101 Å². The molecule has 0 unspecified atom stereocenters. The molecule has 2 aromatic carbocycles. The molecule has 0 aromatic heterocycles. The smallest absolute Gasteiger partial charge is 0.465 e. The summed E-state index contributed by atoms with van der Waals surface area (Å²) in [7, 11) is -1.79. The van der Waals surface area contributed by atoms with Crippen molar-refractivity contribution in [2.75, 3.05) is 24.2 Å². The van der Waals surface area contributed by atoms with Gasteiger partial charge in [0.05, 0.1) is 21.9 Å². The molecule has 11 nitrogen and oxygen atoms in total. The van der Waals surface area contributed by atoms with E-state index in [1.165, 1.54) is 24.3 Å². The van der Waals surface area contributed by atoms with Gasteiger partial charge in [-0.05, 0) is 116 Å². The zero-order valence-corrected chi connectivity index (χ0v) is 30.4. The van der Waals surface area contributed by atoms with Crippen molar-refractivity contribution in [3.63, 3.8) is 0 Å². The highest BCUT2D eigenvalue weighted by Gasteiger charge is 2.45. The number of benzene rings is 2. The quantitative estimate of drug-likeness (QED) is 0.294. The molecule has 1 heterocycles. The number of alkyl halides is 3. The predicted molar refractivity (Wildman–Crippen MR) is 182 cm³/mol. The molecule has 2 aliphatic rings. The minimum absolute atomic E-state index is 0.0782. The van der Waals surface area contributed by atoms with Crippen molar-refractivity contribution < 1.29 is 45.8 Å². The first-order valence-electron chi connectivity index (χ1n) is 16.3. The summed E-state index contributed by atoms with van der Waals surface area (Å²) in [5.74, 6) is -2.81. The fourth-order valence-corrected chi connectivity index (χ4v) is 8.66. The monoisotopic (exact) mass is 744 g/mol. The van der Waals surface area contributed by atoms with Gasteiger partial charge >= 0.3 is 12.5 Å². The second-order valence-electron chi connectivity index (χ2n) is 14.2. The molecule has 50 heavy (non-hydrogen) atoms. The summed E-state index contributed by atoms with van der Waals surface area (Å²) in [6.07, 6.45) is -4.62. The summed E-state index contributed by atoms with van der Waals surface area (Å²) in [6, 6.07) is 7.42. The number of nitrogens with zero attached hydrogens (tertiary/aromatic N) is 3. The van der Waals surface area contributed by atoms with Gasteiger partial charge in [-0.2, -0.15) is 0 Å². The van der Waals surface area contributed by atoms with Crippen molar-refractivity contribution in [3.8, 4) is 5.75 Å². The highest BCUT2D eigenvalue weighted by molar-refractivity contribution is 7.91. The lowest BCUT2D eigenvalue weighted by Gasteiger charge is -2.44. The molecule has 0 radical (unpaired) electrons. The Labute approximate surface area is 295 Å². The van der Waals surface area contributed by atoms with Crippen LogP contribution in [-0.2, 0) is 14.6 Å². The largest absolute Gasteiger partial charge is 0.573 e. The number of hydrogen-bond donors (Lipinski definition) is 2. The van der Waals surface area contributed by atoms with E-state index in [9.17, 15) is 41.1 Å². The Morgan fingerprint density at radius 3 is 2.28 bits per heavy atom. The number of rotatable bonds is 10. The van der Waals surface area contributed by atoms with E-state index in [0.29, 0.717) is 24.3 Å². The first kappa shape index (κ1) is 39.2. The maximum absolute atomic E-state index is 13.9. The van der Waals surface area contributed by atoms with Gasteiger partial charge in [0.25, 0.3) is 5.91 Å². The Hall–Kier alpha value is -3.56. The summed E-state index contributed by atoms with van der Waals surface area (Å²) in [5.41, 5.74) is -1.73. The van der Waals surface area contributed by atoms with Gasteiger partial charge in [-0.1, -0.05) is 11.6 Å². The van der Waals surface area contributed by atoms with Gasteiger partial charge in [-0.15, -0.1) is 13.2 Å². The van der Waals surface area contributed by atoms with E-state index >= 15 is 0 Å². The topological polar surface area (TPSA) is 137 Å². The second-order valence-corrected chi connectivity index (χ2v) is 16.6. The molecule has 3 amide bonds. The average molecular weight is 745 g/mol. The average Bonchev–Trinajstić information content (AvgIpc) is 3.34. The molecule has 0 spiro atoms. The molecule has 2 fully saturated rings. The summed E-state index contributed by atoms with van der Waals surface area (Å²) in [4.78, 5) is 44.6. The van der Waals surface area contributed by atoms with Crippen LogP contribution in [0.25, 0.3) is 0 Å². The zero-order valence-electron chi connectivity index (χ0n) is 28.8. The predicted octanol–water partition coefficient (Wildman–Crippen LogP) is 6.20. The summed E-state index contributed by atoms with van der Waals surface area (Å²) in [5, 5.41) is 13.0. The highest BCUT2D eigenvalue weighted by Crippen LogP contribution is 2.37. The van der Waals surface area contributed by atoms with E-state index < -0.39 is 69.0 Å². The number of anilines is 1. The van der Waals surface area contributed by atoms with Crippen LogP contribution in [0.2, 0.25) is 5.02 Å². The molecular weight excluding hydrogens is 701 g/mol. The third-order valence-corrected chi connectivity index (χ3v) is 11.5. The number of carbonyl (C=O) groups excluding carboxylic acids is 2. The number of carbonyl (C=O) groups is 3. The van der Waals surface area contributed by atoms with Gasteiger partial charge in [0.15, 0.2) is 9.84 Å². The number of ether oxygens (including phenoxy) is 1. The molecular formula is C34H44ClF3N4O7S. The molecule has 16 heteroatoms. The van der Waals surface area contributed by atoms with E-state index in [0.717, 1.165) is 23.1 Å². The maximum Gasteiger partial charge on any atom is 0.573 e. The van der Waals surface area contributed by atoms with Crippen LogP contribution in [0.1, 0.15) is 70.7 Å². The van der Waals surface area contributed by atoms with E-state index in [2.05, 4.69) is 28.8 Å². The molecule has 2 aromatic rings. The van der Waals surface area contributed by atoms with Crippen LogP contribution in [-0.4, -0.2) is 96.6 Å². The van der Waals surface area contributed by atoms with Gasteiger partial charge in [0, 0.05) is 35.2 Å². The van der Waals surface area contributed by atoms with Crippen LogP contribution in [0.3, 0.4) is 0 Å². The van der Waals surface area contributed by atoms with E-state index in [1.54, 1.807) is 25.7 Å². The number of sulfone groups is 1. The van der Waals surface area contributed by atoms with Gasteiger partial charge in [-0.3, -0.25) is 14.5 Å². The SMILES string of the molecule is CC(C)N(C)[C@@H]1CC[C@H](N2CC[C@H](NC(=O)c3cc(OC(F)(F)F)ccc3N(C(=O)O)C(C)(C)C)C2=O)[C@H](CS(=O)(=O)c2ccc(Cl)cc2)C1. The minimum Gasteiger partial charge on any atom is -0.465 e. The van der Waals surface area contributed by atoms with Crippen LogP contribution in [0, 0.1) is 5.92 Å². The molecule has 1 saturated carbocycles. The van der Waals surface area contributed by atoms with E-state index in [4.69, 9.17) is 11.6 Å². The summed E-state index contributed by atoms with van der Waals surface area (Å²) in [6.45, 7) is 8.98. The number of amides is 3. The van der Waals surface area contributed by atoms with Crippen LogP contribution < -0.4 is 15.0 Å². The summed E-state index contributed by atoms with van der Waals surface area (Å²) >= 11 is 5.99. The van der Waals surface area contributed by atoms with Crippen molar-refractivity contribution in [1.82, 2.24) is 15.1 Å². The first-order chi connectivity index (χ1) is 23.1. The lowest BCUT2D eigenvalue weighted by atomic mass is 9.81. The lowest BCUT2D eigenvalue weighted by molar-refractivity contribution is -0.274. The Morgan fingerprint density at radius 1 is 1.08 bits per heavy atom. The second kappa shape index (κ2) is 15.0. The van der Waals surface area contributed by atoms with Crippen molar-refractivity contribution in [1.29, 1.82) is 0 Å². The number of hydrogen-bond acceptors (Lipinski definition) is 7. The van der Waals surface area contributed by atoms with Crippen LogP contribution in [0.5, 0.6) is 5.75 Å². The number of nitrogens with one attached hydrogen (secondary N) is 1. The fourth-order valence-electron chi connectivity index (χ4n) is 6.87. The Kier molecular flexibility index (Phi) is 11.7. The number of carboxylic acid groups (broad SMARTS) is 1. The van der Waals surface area contributed by atoms with Crippen LogP contribution >= 0.6 is 11.6 Å². The molecule has 4 atom stereocenters. The molecule has 276 valence electrons. The normalized spacial score (nSPS) is 21.8. The molecule has 1 aliphatic heterocycles. The van der Waals surface area contributed by atoms with Crippen molar-refractivity contribution in [3.05, 3.63) is 53.1 Å². The zero-order chi connectivity index (χ0) is 37.3. The third kappa shape index (κ3) is 9.21. The van der Waals surface area contributed by atoms with E-state index in [1.807, 2.05) is 7.05 Å². The molecule has 1 saturated heterocycles. The van der Waals surface area contributed by atoms with Gasteiger partial charge in [-0.25, -0.2) is 13.2 Å². The van der Waals surface area contributed by atoms with Gasteiger partial charge in [0.1, 0.15) is 11.8 Å². The van der Waals surface area contributed by atoms with E-state index in [-0.39, 0.29) is 41.4 Å². The molecule has 2 N–H and O–H groups in total. The van der Waals surface area contributed by atoms with Gasteiger partial charge < -0.3 is 25.0 Å². The number of likely N-dealkylation sites (tertiary alicyclic amines) is 1. The Bertz CT molecular complexity index is 1680. The van der Waals surface area contributed by atoms with Gasteiger partial charge in [0.2, 0.25) is 5.91 Å². The van der Waals surface area contributed by atoms with Crippen molar-refractivity contribution >= 4 is 45.0 Å². The lowest BCUT2D eigenvalue weighted by Crippen LogP contribution is -2.53. The summed E-state index contributed by atoms with van der Waals surface area (Å²) < 4.78 is 70.5. The van der Waals surface area contributed by atoms with Crippen LogP contribution in [0.4, 0.5) is 23.7 Å². The molecule has 1 aliphatic carbocycles. The standard InChI is InChI=1S/C34H44ClF3N4O7S/c1-20(2)40(6)23-9-13-28(21(17-23)19-50(47,48)25-11-7-22(35)8-12-25)41-16-15-27(31(41)44)39-30(43)26-18-24(49-34(36,37)38)10-14-29(26)42(32(45)46)33(3,4)5/h7-8,10-12,14,18,20-21,23,27-28H,9,13,15-17,19H2,1-6H3,(H,39,43)(H,45,46)/t21-,23+,27-,28-/m0/s1. The molecule has 0 bridgehead atoms. The van der Waals surface area contributed by atoms with Crippen LogP contribution in [0.15, 0.2) is 47.4 Å². The van der Waals surface area contributed by atoms with Crippen molar-refractivity contribution in [2.24, 2.45) is 5.92 Å². The Balaban J connectivity index is 1.61. The highest BCUT2D eigenvalue weighted by atomic mass is 35.5. The minimum atomic E-state index is -5.08. The molecule has 4 rings (SSSR count).